The van der Waals surface area contributed by atoms with Crippen LogP contribution in [0.15, 0.2) is 23.8 Å². The van der Waals surface area contributed by atoms with Gasteiger partial charge in [-0.25, -0.2) is 0 Å². The summed E-state index contributed by atoms with van der Waals surface area (Å²) in [6, 6.07) is 0. The fourth-order valence-electron chi connectivity index (χ4n) is 1.77. The van der Waals surface area contributed by atoms with Crippen LogP contribution in [0.3, 0.4) is 0 Å². The Balaban J connectivity index is 2.54. The van der Waals surface area contributed by atoms with E-state index < -0.39 is 0 Å². The molecule has 0 aromatic carbocycles. The maximum absolute atomic E-state index is 11.5. The van der Waals surface area contributed by atoms with E-state index in [-0.39, 0.29) is 17.5 Å². The van der Waals surface area contributed by atoms with Crippen LogP contribution in [0.2, 0.25) is 0 Å². The molecule has 0 saturated heterocycles. The highest BCUT2D eigenvalue weighted by atomic mass is 16.1. The fraction of sp³-hybridized carbons (Fsp3) is 0.538. The van der Waals surface area contributed by atoms with Crippen LogP contribution < -0.4 is 0 Å². The highest BCUT2D eigenvalue weighted by molar-refractivity contribution is 6.17. The van der Waals surface area contributed by atoms with Gasteiger partial charge >= 0.3 is 0 Å². The number of hydrogen-bond donors (Lipinski definition) is 0. The van der Waals surface area contributed by atoms with Crippen molar-refractivity contribution in [3.8, 4) is 0 Å². The van der Waals surface area contributed by atoms with Gasteiger partial charge in [0.2, 0.25) is 0 Å². The summed E-state index contributed by atoms with van der Waals surface area (Å²) in [5, 5.41) is 0. The molecule has 15 heavy (non-hydrogen) atoms. The normalized spacial score (nSPS) is 17.9. The Morgan fingerprint density at radius 1 is 1.20 bits per heavy atom. The molecule has 0 amide bonds. The first-order chi connectivity index (χ1) is 7.15. The molecule has 1 unspecified atom stereocenters. The van der Waals surface area contributed by atoms with Crippen LogP contribution in [0.1, 0.15) is 39.5 Å². The molecular weight excluding hydrogens is 188 g/mol. The number of hydrogen-bond acceptors (Lipinski definition) is 2. The van der Waals surface area contributed by atoms with Gasteiger partial charge in [-0.15, -0.1) is 0 Å². The molecule has 1 aliphatic carbocycles. The van der Waals surface area contributed by atoms with Gasteiger partial charge in [-0.3, -0.25) is 9.59 Å². The van der Waals surface area contributed by atoms with E-state index in [2.05, 4.69) is 6.92 Å². The zero-order valence-corrected chi connectivity index (χ0v) is 9.45. The minimum absolute atomic E-state index is 0.00130. The van der Waals surface area contributed by atoms with Gasteiger partial charge in [-0.05, 0) is 30.6 Å². The quantitative estimate of drug-likeness (QED) is 0.512. The number of ketones is 2. The van der Waals surface area contributed by atoms with Crippen molar-refractivity contribution in [2.45, 2.75) is 39.5 Å². The molecule has 0 saturated carbocycles. The molecule has 0 aliphatic heterocycles. The Kier molecular flexibility index (Phi) is 4.47. The SMILES string of the molecule is CCCCCC(C)C1=CC(=O)C=CC1=O. The summed E-state index contributed by atoms with van der Waals surface area (Å²) in [7, 11) is 0. The monoisotopic (exact) mass is 206 g/mol. The Labute approximate surface area is 91.1 Å². The minimum Gasteiger partial charge on any atom is -0.290 e. The Morgan fingerprint density at radius 2 is 1.93 bits per heavy atom. The van der Waals surface area contributed by atoms with Crippen LogP contribution in [0.5, 0.6) is 0 Å². The van der Waals surface area contributed by atoms with Crippen molar-refractivity contribution in [1.82, 2.24) is 0 Å². The third-order valence-electron chi connectivity index (χ3n) is 2.75. The van der Waals surface area contributed by atoms with Crippen molar-refractivity contribution in [3.63, 3.8) is 0 Å². The molecule has 82 valence electrons. The van der Waals surface area contributed by atoms with Gasteiger partial charge in [-0.1, -0.05) is 33.1 Å². The first kappa shape index (κ1) is 11.9. The van der Waals surface area contributed by atoms with Crippen LogP contribution >= 0.6 is 0 Å². The van der Waals surface area contributed by atoms with Gasteiger partial charge in [0.05, 0.1) is 0 Å². The summed E-state index contributed by atoms with van der Waals surface area (Å²) >= 11 is 0. The molecule has 0 bridgehead atoms. The second-order valence-corrected chi connectivity index (χ2v) is 4.10. The molecule has 0 heterocycles. The van der Waals surface area contributed by atoms with E-state index >= 15 is 0 Å². The van der Waals surface area contributed by atoms with Crippen molar-refractivity contribution in [2.75, 3.05) is 0 Å². The third kappa shape index (κ3) is 3.46. The Morgan fingerprint density at radius 3 is 2.60 bits per heavy atom. The summed E-state index contributed by atoms with van der Waals surface area (Å²) in [4.78, 5) is 22.6. The van der Waals surface area contributed by atoms with Gasteiger partial charge < -0.3 is 0 Å². The first-order valence-electron chi connectivity index (χ1n) is 5.63. The summed E-state index contributed by atoms with van der Waals surface area (Å²) in [6.45, 7) is 4.17. The maximum atomic E-state index is 11.5. The van der Waals surface area contributed by atoms with Gasteiger partial charge in [0, 0.05) is 5.57 Å². The summed E-state index contributed by atoms with van der Waals surface area (Å²) in [5.41, 5.74) is 0.679. The zero-order valence-electron chi connectivity index (χ0n) is 9.45. The number of allylic oxidation sites excluding steroid dienone is 4. The molecule has 1 atom stereocenters. The highest BCUT2D eigenvalue weighted by Crippen LogP contribution is 2.21. The average Bonchev–Trinajstić information content (AvgIpc) is 2.22. The average molecular weight is 206 g/mol. The lowest BCUT2D eigenvalue weighted by atomic mass is 9.89. The van der Waals surface area contributed by atoms with Crippen molar-refractivity contribution in [2.24, 2.45) is 5.92 Å². The maximum Gasteiger partial charge on any atom is 0.182 e. The number of carbonyl (C=O) groups excluding carboxylic acids is 2. The van der Waals surface area contributed by atoms with E-state index in [1.54, 1.807) is 0 Å². The van der Waals surface area contributed by atoms with E-state index in [1.165, 1.54) is 31.1 Å². The molecule has 1 aliphatic rings. The minimum atomic E-state index is -0.0630. The van der Waals surface area contributed by atoms with Crippen molar-refractivity contribution in [1.29, 1.82) is 0 Å². The molecule has 0 fully saturated rings. The fourth-order valence-corrected chi connectivity index (χ4v) is 1.77. The van der Waals surface area contributed by atoms with E-state index in [4.69, 9.17) is 0 Å². The van der Waals surface area contributed by atoms with E-state index in [0.717, 1.165) is 12.8 Å². The lowest BCUT2D eigenvalue weighted by molar-refractivity contribution is -0.114. The van der Waals surface area contributed by atoms with Gasteiger partial charge in [0.1, 0.15) is 0 Å². The lowest BCUT2D eigenvalue weighted by Crippen LogP contribution is -2.14. The molecule has 0 N–H and O–H groups in total. The summed E-state index contributed by atoms with van der Waals surface area (Å²) < 4.78 is 0. The summed E-state index contributed by atoms with van der Waals surface area (Å²) in [5.74, 6) is 0.142. The second-order valence-electron chi connectivity index (χ2n) is 4.10. The van der Waals surface area contributed by atoms with Gasteiger partial charge in [0.25, 0.3) is 0 Å². The molecule has 0 aromatic heterocycles. The highest BCUT2D eigenvalue weighted by Gasteiger charge is 2.18. The lowest BCUT2D eigenvalue weighted by Gasteiger charge is -2.14. The Bertz CT molecular complexity index is 310. The molecule has 2 nitrogen and oxygen atoms in total. The van der Waals surface area contributed by atoms with Crippen LogP contribution in [0, 0.1) is 5.92 Å². The van der Waals surface area contributed by atoms with Crippen LogP contribution in [-0.2, 0) is 9.59 Å². The predicted molar refractivity (Wildman–Crippen MR) is 60.5 cm³/mol. The first-order valence-corrected chi connectivity index (χ1v) is 5.63. The number of rotatable bonds is 5. The number of carbonyl (C=O) groups is 2. The van der Waals surface area contributed by atoms with Crippen molar-refractivity contribution < 1.29 is 9.59 Å². The predicted octanol–water partition coefficient (Wildman–Crippen LogP) is 2.84. The zero-order chi connectivity index (χ0) is 11.3. The topological polar surface area (TPSA) is 34.1 Å². The van der Waals surface area contributed by atoms with E-state index in [9.17, 15) is 9.59 Å². The third-order valence-corrected chi connectivity index (χ3v) is 2.75. The van der Waals surface area contributed by atoms with Crippen molar-refractivity contribution >= 4 is 11.6 Å². The van der Waals surface area contributed by atoms with Crippen LogP contribution in [-0.4, -0.2) is 11.6 Å². The standard InChI is InChI=1S/C13H18O2/c1-3-4-5-6-10(2)12-9-11(14)7-8-13(12)15/h7-10H,3-6H2,1-2H3. The smallest absolute Gasteiger partial charge is 0.182 e. The molecular formula is C13H18O2. The Hall–Kier alpha value is -1.18. The molecule has 0 radical (unpaired) electrons. The molecule has 2 heteroatoms. The van der Waals surface area contributed by atoms with Gasteiger partial charge in [-0.2, -0.15) is 0 Å². The van der Waals surface area contributed by atoms with E-state index in [1.807, 2.05) is 6.92 Å². The number of unbranched alkanes of at least 4 members (excludes halogenated alkanes) is 2. The van der Waals surface area contributed by atoms with Crippen LogP contribution in [0.4, 0.5) is 0 Å². The second kappa shape index (κ2) is 5.64. The molecule has 1 rings (SSSR count). The summed E-state index contributed by atoms with van der Waals surface area (Å²) in [6.07, 6.45) is 8.69. The van der Waals surface area contributed by atoms with Crippen LogP contribution in [0.25, 0.3) is 0 Å². The molecule has 0 aromatic rings. The van der Waals surface area contributed by atoms with Gasteiger partial charge in [0.15, 0.2) is 11.6 Å². The van der Waals surface area contributed by atoms with E-state index in [0.29, 0.717) is 5.57 Å². The molecule has 0 spiro atoms. The van der Waals surface area contributed by atoms with Crippen molar-refractivity contribution in [3.05, 3.63) is 23.8 Å². The largest absolute Gasteiger partial charge is 0.290 e.